The molecule has 0 unspecified atom stereocenters. The summed E-state index contributed by atoms with van der Waals surface area (Å²) in [4.78, 5) is 4.35. The van der Waals surface area contributed by atoms with Crippen LogP contribution < -0.4 is 15.4 Å². The van der Waals surface area contributed by atoms with Gasteiger partial charge in [0, 0.05) is 31.8 Å². The molecule has 0 aliphatic carbocycles. The number of aliphatic imine (C=N–C) groups is 1. The lowest BCUT2D eigenvalue weighted by atomic mass is 10.0. The fourth-order valence-electron chi connectivity index (χ4n) is 2.91. The number of aryl methyl sites for hydroxylation is 1. The molecule has 0 bridgehead atoms. The number of nitrogens with zero attached hydrogens (tertiary/aromatic N) is 1. The summed E-state index contributed by atoms with van der Waals surface area (Å²) in [6.45, 7) is 6.81. The maximum absolute atomic E-state index is 5.85. The molecule has 1 fully saturated rings. The molecule has 1 aliphatic rings. The highest BCUT2D eigenvalue weighted by atomic mass is 16.5. The second-order valence-electron chi connectivity index (χ2n) is 6.53. The minimum absolute atomic E-state index is 0.462. The van der Waals surface area contributed by atoms with E-state index in [-0.39, 0.29) is 0 Å². The van der Waals surface area contributed by atoms with Crippen molar-refractivity contribution in [2.75, 3.05) is 26.7 Å². The van der Waals surface area contributed by atoms with Gasteiger partial charge in [-0.25, -0.2) is 0 Å². The van der Waals surface area contributed by atoms with Gasteiger partial charge in [-0.1, -0.05) is 36.9 Å². The zero-order chi connectivity index (χ0) is 18.2. The number of hydrogen-bond acceptors (Lipinski definition) is 3. The van der Waals surface area contributed by atoms with Gasteiger partial charge in [0.05, 0.1) is 6.61 Å². The van der Waals surface area contributed by atoms with E-state index in [1.807, 2.05) is 37.4 Å². The molecule has 136 valence electrons. The van der Waals surface area contributed by atoms with Crippen LogP contribution in [-0.4, -0.2) is 32.6 Å². The fourth-order valence-corrected chi connectivity index (χ4v) is 2.91. The molecule has 3 rings (SSSR count). The van der Waals surface area contributed by atoms with Gasteiger partial charge in [0.25, 0.3) is 0 Å². The Bertz CT molecular complexity index is 734. The molecule has 1 saturated heterocycles. The number of rotatable bonds is 8. The average molecular weight is 349 g/mol. The zero-order valence-electron chi connectivity index (χ0n) is 15.4. The van der Waals surface area contributed by atoms with E-state index in [1.54, 1.807) is 0 Å². The summed E-state index contributed by atoms with van der Waals surface area (Å²) in [6.07, 6.45) is 2.04. The van der Waals surface area contributed by atoms with Gasteiger partial charge in [-0.05, 0) is 48.2 Å². The van der Waals surface area contributed by atoms with Crippen molar-refractivity contribution in [2.24, 2.45) is 10.9 Å². The van der Waals surface area contributed by atoms with E-state index in [0.29, 0.717) is 5.92 Å². The first-order chi connectivity index (χ1) is 12.8. The molecule has 0 spiro atoms. The molecule has 0 saturated carbocycles. The van der Waals surface area contributed by atoms with E-state index >= 15 is 0 Å². The Hall–Kier alpha value is -2.59. The Morgan fingerprint density at radius 1 is 1.15 bits per heavy atom. The second kappa shape index (κ2) is 9.20. The van der Waals surface area contributed by atoms with Gasteiger partial charge >= 0.3 is 0 Å². The van der Waals surface area contributed by atoms with E-state index in [2.05, 4.69) is 46.5 Å². The summed E-state index contributed by atoms with van der Waals surface area (Å²) < 4.78 is 5.85. The maximum Gasteiger partial charge on any atom is 0.119 e. The van der Waals surface area contributed by atoms with Crippen LogP contribution in [-0.2, 0) is 6.42 Å². The summed E-state index contributed by atoms with van der Waals surface area (Å²) >= 11 is 0. The molecule has 2 N–H and O–H groups in total. The van der Waals surface area contributed by atoms with Crippen LogP contribution in [0.4, 0.5) is 0 Å². The molecular weight excluding hydrogens is 322 g/mol. The predicted octanol–water partition coefficient (Wildman–Crippen LogP) is 3.51. The van der Waals surface area contributed by atoms with Crippen molar-refractivity contribution in [3.63, 3.8) is 0 Å². The van der Waals surface area contributed by atoms with Crippen molar-refractivity contribution in [2.45, 2.75) is 12.8 Å². The monoisotopic (exact) mass is 349 g/mol. The summed E-state index contributed by atoms with van der Waals surface area (Å²) in [5, 5.41) is 6.61. The highest BCUT2D eigenvalue weighted by Crippen LogP contribution is 2.18. The SMILES string of the molecule is C=C(NC(=NC)C1CNC1)c1ccc(OCCCc2ccccc2)cc1. The van der Waals surface area contributed by atoms with Crippen molar-refractivity contribution in [1.82, 2.24) is 10.6 Å². The van der Waals surface area contributed by atoms with Gasteiger partial charge in [-0.15, -0.1) is 0 Å². The molecule has 0 radical (unpaired) electrons. The van der Waals surface area contributed by atoms with Crippen molar-refractivity contribution >= 4 is 11.5 Å². The van der Waals surface area contributed by atoms with Gasteiger partial charge in [0.1, 0.15) is 11.6 Å². The molecule has 1 heterocycles. The van der Waals surface area contributed by atoms with Crippen LogP contribution in [0.3, 0.4) is 0 Å². The Labute approximate surface area is 156 Å². The van der Waals surface area contributed by atoms with Crippen LogP contribution in [0.2, 0.25) is 0 Å². The first-order valence-electron chi connectivity index (χ1n) is 9.17. The molecular formula is C22H27N3O. The maximum atomic E-state index is 5.85. The van der Waals surface area contributed by atoms with Crippen molar-refractivity contribution in [1.29, 1.82) is 0 Å². The van der Waals surface area contributed by atoms with Crippen molar-refractivity contribution in [3.05, 3.63) is 72.3 Å². The first-order valence-corrected chi connectivity index (χ1v) is 9.17. The second-order valence-corrected chi connectivity index (χ2v) is 6.53. The highest BCUT2D eigenvalue weighted by Gasteiger charge is 2.22. The predicted molar refractivity (Wildman–Crippen MR) is 109 cm³/mol. The van der Waals surface area contributed by atoms with E-state index in [0.717, 1.165) is 55.4 Å². The number of nitrogens with one attached hydrogen (secondary N) is 2. The van der Waals surface area contributed by atoms with Gasteiger partial charge in [0.2, 0.25) is 0 Å². The smallest absolute Gasteiger partial charge is 0.119 e. The zero-order valence-corrected chi connectivity index (χ0v) is 15.4. The summed E-state index contributed by atoms with van der Waals surface area (Å²) in [5.74, 6) is 2.35. The van der Waals surface area contributed by atoms with Crippen molar-refractivity contribution in [3.8, 4) is 5.75 Å². The minimum atomic E-state index is 0.462. The molecule has 2 aromatic carbocycles. The lowest BCUT2D eigenvalue weighted by Gasteiger charge is -2.29. The molecule has 0 atom stereocenters. The lowest BCUT2D eigenvalue weighted by molar-refractivity contribution is 0.311. The molecule has 2 aromatic rings. The van der Waals surface area contributed by atoms with Crippen LogP contribution >= 0.6 is 0 Å². The largest absolute Gasteiger partial charge is 0.494 e. The molecule has 4 heteroatoms. The minimum Gasteiger partial charge on any atom is -0.494 e. The highest BCUT2D eigenvalue weighted by molar-refractivity contribution is 5.92. The summed E-state index contributed by atoms with van der Waals surface area (Å²) in [6, 6.07) is 18.6. The topological polar surface area (TPSA) is 45.7 Å². The van der Waals surface area contributed by atoms with E-state index in [9.17, 15) is 0 Å². The average Bonchev–Trinajstić information content (AvgIpc) is 2.64. The third-order valence-corrected chi connectivity index (χ3v) is 4.61. The van der Waals surface area contributed by atoms with E-state index in [4.69, 9.17) is 4.74 Å². The Balaban J connectivity index is 1.44. The van der Waals surface area contributed by atoms with Gasteiger partial charge in [-0.3, -0.25) is 4.99 Å². The summed E-state index contributed by atoms with van der Waals surface area (Å²) in [5.41, 5.74) is 3.27. The standard InChI is InChI=1S/C22H27N3O/c1-17(25-22(23-2)20-15-24-16-20)19-10-12-21(13-11-19)26-14-6-9-18-7-4-3-5-8-18/h3-5,7-8,10-13,20,24H,1,6,9,14-16H2,2H3,(H,23,25). The summed E-state index contributed by atoms with van der Waals surface area (Å²) in [7, 11) is 1.82. The third-order valence-electron chi connectivity index (χ3n) is 4.61. The van der Waals surface area contributed by atoms with E-state index < -0.39 is 0 Å². The van der Waals surface area contributed by atoms with Gasteiger partial charge in [0.15, 0.2) is 0 Å². The number of amidine groups is 1. The number of hydrogen-bond donors (Lipinski definition) is 2. The van der Waals surface area contributed by atoms with Crippen LogP contribution in [0.25, 0.3) is 5.70 Å². The molecule has 0 amide bonds. The van der Waals surface area contributed by atoms with Gasteiger partial charge < -0.3 is 15.4 Å². The van der Waals surface area contributed by atoms with E-state index in [1.165, 1.54) is 5.56 Å². The van der Waals surface area contributed by atoms with Crippen LogP contribution in [0, 0.1) is 5.92 Å². The molecule has 0 aromatic heterocycles. The Morgan fingerprint density at radius 2 is 1.88 bits per heavy atom. The third kappa shape index (κ3) is 4.96. The van der Waals surface area contributed by atoms with Crippen molar-refractivity contribution < 1.29 is 4.74 Å². The van der Waals surface area contributed by atoms with Crippen LogP contribution in [0.5, 0.6) is 5.75 Å². The normalized spacial score (nSPS) is 14.6. The Kier molecular flexibility index (Phi) is 6.45. The lowest BCUT2D eigenvalue weighted by Crippen LogP contribution is -2.50. The molecule has 26 heavy (non-hydrogen) atoms. The van der Waals surface area contributed by atoms with Gasteiger partial charge in [-0.2, -0.15) is 0 Å². The fraction of sp³-hybridized carbons (Fsp3) is 0.318. The number of benzene rings is 2. The first kappa shape index (κ1) is 18.2. The van der Waals surface area contributed by atoms with Crippen LogP contribution in [0.1, 0.15) is 17.5 Å². The quantitative estimate of drug-likeness (QED) is 0.435. The number of ether oxygens (including phenoxy) is 1. The van der Waals surface area contributed by atoms with Crippen LogP contribution in [0.15, 0.2) is 66.2 Å². The Morgan fingerprint density at radius 3 is 2.50 bits per heavy atom. The molecule has 4 nitrogen and oxygen atoms in total. The molecule has 1 aliphatic heterocycles.